The van der Waals surface area contributed by atoms with Crippen molar-refractivity contribution in [2.45, 2.75) is 51.1 Å². The van der Waals surface area contributed by atoms with Crippen molar-refractivity contribution in [1.82, 2.24) is 14.8 Å². The first-order chi connectivity index (χ1) is 22.7. The number of amides is 1. The minimum absolute atomic E-state index is 0.150. The zero-order valence-corrected chi connectivity index (χ0v) is 26.7. The van der Waals surface area contributed by atoms with Gasteiger partial charge in [0.15, 0.2) is 0 Å². The van der Waals surface area contributed by atoms with Crippen LogP contribution >= 0.6 is 0 Å². The van der Waals surface area contributed by atoms with Gasteiger partial charge < -0.3 is 19.4 Å². The van der Waals surface area contributed by atoms with E-state index in [4.69, 9.17) is 9.72 Å². The Bertz CT molecular complexity index is 1750. The number of halogens is 2. The highest BCUT2D eigenvalue weighted by Gasteiger charge is 2.36. The van der Waals surface area contributed by atoms with Gasteiger partial charge in [-0.15, -0.1) is 0 Å². The quantitative estimate of drug-likeness (QED) is 0.310. The Hall–Kier alpha value is -4.74. The van der Waals surface area contributed by atoms with Gasteiger partial charge in [-0.05, 0) is 36.4 Å². The molecule has 4 heterocycles. The van der Waals surface area contributed by atoms with Crippen molar-refractivity contribution >= 4 is 28.1 Å². The first-order valence-corrected chi connectivity index (χ1v) is 16.2. The van der Waals surface area contributed by atoms with Gasteiger partial charge >= 0.3 is 0 Å². The summed E-state index contributed by atoms with van der Waals surface area (Å²) in [6.45, 7) is 9.44. The number of carbonyl (C=O) groups is 1. The van der Waals surface area contributed by atoms with Gasteiger partial charge in [-0.2, -0.15) is 10.5 Å². The number of nitriles is 2. The highest BCUT2D eigenvalue weighted by Crippen LogP contribution is 2.40. The van der Waals surface area contributed by atoms with E-state index >= 15 is 0 Å². The molecule has 1 amide bonds. The normalized spacial score (nSPS) is 19.5. The molecule has 2 saturated heterocycles. The molecule has 3 aliphatic rings. The lowest BCUT2D eigenvalue weighted by Gasteiger charge is -2.43. The highest BCUT2D eigenvalue weighted by molar-refractivity contribution is 5.97. The lowest BCUT2D eigenvalue weighted by Crippen LogP contribution is -2.55. The van der Waals surface area contributed by atoms with E-state index in [1.54, 1.807) is 4.90 Å². The van der Waals surface area contributed by atoms with Crippen molar-refractivity contribution in [3.63, 3.8) is 0 Å². The van der Waals surface area contributed by atoms with Crippen LogP contribution in [0.15, 0.2) is 49.1 Å². The van der Waals surface area contributed by atoms with E-state index in [9.17, 15) is 24.1 Å². The molecule has 9 nitrogen and oxygen atoms in total. The Kier molecular flexibility index (Phi) is 9.28. The molecule has 3 aliphatic heterocycles. The van der Waals surface area contributed by atoms with Crippen molar-refractivity contribution in [3.8, 4) is 18.0 Å². The predicted molar refractivity (Wildman–Crippen MR) is 177 cm³/mol. The number of anilines is 2. The zero-order chi connectivity index (χ0) is 33.1. The smallest absolute Gasteiger partial charge is 0.250 e. The summed E-state index contributed by atoms with van der Waals surface area (Å²) in [7, 11) is 0. The maximum Gasteiger partial charge on any atom is 0.250 e. The molecule has 11 heteroatoms. The molecule has 0 saturated carbocycles. The number of piperidine rings is 1. The maximum atomic E-state index is 13.7. The number of hydrogen-bond acceptors (Lipinski definition) is 8. The largest absolute Gasteiger partial charge is 0.475 e. The second-order valence-electron chi connectivity index (χ2n) is 12.5. The molecule has 0 bridgehead atoms. The molecule has 0 N–H and O–H groups in total. The summed E-state index contributed by atoms with van der Waals surface area (Å²) < 4.78 is 33.7. The number of alkyl halides is 2. The topological polar surface area (TPSA) is 99.7 Å². The minimum atomic E-state index is -2.63. The molecule has 3 aromatic rings. The molecule has 244 valence electrons. The van der Waals surface area contributed by atoms with Gasteiger partial charge in [-0.1, -0.05) is 36.9 Å². The third-order valence-corrected chi connectivity index (χ3v) is 9.65. The molecule has 0 unspecified atom stereocenters. The molecule has 0 aliphatic carbocycles. The van der Waals surface area contributed by atoms with Crippen LogP contribution in [0.2, 0.25) is 0 Å². The zero-order valence-electron chi connectivity index (χ0n) is 26.7. The molecule has 0 radical (unpaired) electrons. The maximum absolute atomic E-state index is 13.7. The van der Waals surface area contributed by atoms with Crippen molar-refractivity contribution < 1.29 is 18.3 Å². The van der Waals surface area contributed by atoms with Crippen LogP contribution in [0, 0.1) is 29.6 Å². The van der Waals surface area contributed by atoms with Crippen LogP contribution < -0.4 is 14.5 Å². The van der Waals surface area contributed by atoms with Crippen molar-refractivity contribution in [3.05, 3.63) is 71.4 Å². The fraction of sp³-hybridized carbons (Fsp3) is 0.444. The van der Waals surface area contributed by atoms with Gasteiger partial charge in [0.25, 0.3) is 5.92 Å². The number of nitrogens with zero attached hydrogens (tertiary/aromatic N) is 7. The average Bonchev–Trinajstić information content (AvgIpc) is 3.07. The predicted octanol–water partition coefficient (Wildman–Crippen LogP) is 5.20. The molecule has 2 aromatic carbocycles. The summed E-state index contributed by atoms with van der Waals surface area (Å²) >= 11 is 0. The van der Waals surface area contributed by atoms with E-state index in [1.165, 1.54) is 17.0 Å². The van der Waals surface area contributed by atoms with Crippen LogP contribution in [0.5, 0.6) is 5.88 Å². The van der Waals surface area contributed by atoms with Gasteiger partial charge in [-0.25, -0.2) is 13.8 Å². The molecular weight excluding hydrogens is 600 g/mol. The summed E-state index contributed by atoms with van der Waals surface area (Å²) in [6, 6.07) is 16.8. The lowest BCUT2D eigenvalue weighted by atomic mass is 9.95. The Morgan fingerprint density at radius 2 is 1.87 bits per heavy atom. The molecule has 0 spiro atoms. The van der Waals surface area contributed by atoms with Crippen molar-refractivity contribution in [2.75, 3.05) is 62.2 Å². The number of fused-ring (bicyclic) bond motifs is 2. The Labute approximate surface area is 274 Å². The monoisotopic (exact) mass is 639 g/mol. The standard InChI is InChI=1S/C36H39F2N7O2/c1-3-32(46)45-19-18-44(23-27(45)10-14-39)34-28-11-15-43(31-9-5-8-26-7-4-6-25(2)33(26)31)24-30(28)41-35(29(34)22-40)47-21-20-42-16-12-36(37,38)13-17-42/h3-9,27H,1,10-13,15-21,23-24H2,2H3/t27-/m0/s1. The number of likely N-dealkylation sites (tertiary alicyclic amines) is 1. The van der Waals surface area contributed by atoms with E-state index in [2.05, 4.69) is 71.8 Å². The van der Waals surface area contributed by atoms with E-state index < -0.39 is 5.92 Å². The van der Waals surface area contributed by atoms with E-state index in [-0.39, 0.29) is 56.8 Å². The molecule has 47 heavy (non-hydrogen) atoms. The fourth-order valence-corrected chi connectivity index (χ4v) is 7.18. The number of aryl methyl sites for hydroxylation is 1. The van der Waals surface area contributed by atoms with Crippen molar-refractivity contribution in [2.24, 2.45) is 0 Å². The van der Waals surface area contributed by atoms with Crippen LogP contribution in [0.3, 0.4) is 0 Å². The first-order valence-electron chi connectivity index (χ1n) is 16.2. The van der Waals surface area contributed by atoms with Crippen LogP contribution in [0.25, 0.3) is 10.8 Å². The fourth-order valence-electron chi connectivity index (χ4n) is 7.18. The molecule has 1 aromatic heterocycles. The average molecular weight is 640 g/mol. The van der Waals surface area contributed by atoms with Gasteiger partial charge in [-0.3, -0.25) is 9.69 Å². The molecule has 2 fully saturated rings. The number of ether oxygens (including phenoxy) is 1. The Morgan fingerprint density at radius 1 is 1.11 bits per heavy atom. The Balaban J connectivity index is 1.35. The molecule has 1 atom stereocenters. The SMILES string of the molecule is C=CC(=O)N1CCN(c2c(C#N)c(OCCN3CCC(F)(F)CC3)nc3c2CCN(c2cccc4cccc(C)c24)C3)C[C@@H]1CC#N. The number of aromatic nitrogens is 1. The summed E-state index contributed by atoms with van der Waals surface area (Å²) in [5.41, 5.74) is 5.15. The van der Waals surface area contributed by atoms with Gasteiger partial charge in [0.05, 0.1) is 36.5 Å². The third-order valence-electron chi connectivity index (χ3n) is 9.65. The summed E-state index contributed by atoms with van der Waals surface area (Å²) in [4.78, 5) is 25.6. The lowest BCUT2D eigenvalue weighted by molar-refractivity contribution is -0.128. The second kappa shape index (κ2) is 13.5. The van der Waals surface area contributed by atoms with Crippen LogP contribution in [0.1, 0.15) is 41.6 Å². The summed E-state index contributed by atoms with van der Waals surface area (Å²) in [6.07, 6.45) is 1.72. The summed E-state index contributed by atoms with van der Waals surface area (Å²) in [5.74, 6) is -2.62. The second-order valence-corrected chi connectivity index (χ2v) is 12.5. The van der Waals surface area contributed by atoms with Gasteiger partial charge in [0.2, 0.25) is 11.8 Å². The first kappa shape index (κ1) is 32.2. The number of piperazine rings is 1. The minimum Gasteiger partial charge on any atom is -0.475 e. The van der Waals surface area contributed by atoms with E-state index in [0.717, 1.165) is 34.6 Å². The highest BCUT2D eigenvalue weighted by atomic mass is 19.3. The van der Waals surface area contributed by atoms with Crippen LogP contribution in [-0.2, 0) is 17.8 Å². The number of pyridine rings is 1. The van der Waals surface area contributed by atoms with E-state index in [0.29, 0.717) is 44.7 Å². The molecular formula is C36H39F2N7O2. The number of rotatable bonds is 8. The number of hydrogen-bond donors (Lipinski definition) is 0. The summed E-state index contributed by atoms with van der Waals surface area (Å²) in [5, 5.41) is 22.5. The van der Waals surface area contributed by atoms with Gasteiger partial charge in [0.1, 0.15) is 18.2 Å². The van der Waals surface area contributed by atoms with Gasteiger partial charge in [0, 0.05) is 75.3 Å². The number of benzene rings is 2. The van der Waals surface area contributed by atoms with Crippen LogP contribution in [0.4, 0.5) is 20.2 Å². The third kappa shape index (κ3) is 6.59. The van der Waals surface area contributed by atoms with Crippen molar-refractivity contribution in [1.29, 1.82) is 10.5 Å². The Morgan fingerprint density at radius 3 is 2.60 bits per heavy atom. The molecule has 6 rings (SSSR count). The van der Waals surface area contributed by atoms with Crippen LogP contribution in [-0.4, -0.2) is 85.1 Å². The number of carbonyl (C=O) groups excluding carboxylic acids is 1. The van der Waals surface area contributed by atoms with E-state index in [1.807, 2.05) is 4.90 Å².